The van der Waals surface area contributed by atoms with Crippen molar-refractivity contribution in [3.05, 3.63) is 77.7 Å². The minimum atomic E-state index is -0.274. The molecule has 8 heteroatoms. The minimum Gasteiger partial charge on any atom is -0.494 e. The average Bonchev–Trinajstić information content (AvgIpc) is 3.32. The van der Waals surface area contributed by atoms with E-state index in [-0.39, 0.29) is 17.6 Å². The number of benzene rings is 2. The number of hydrogen-bond acceptors (Lipinski definition) is 5. The summed E-state index contributed by atoms with van der Waals surface area (Å²) in [7, 11) is 0. The van der Waals surface area contributed by atoms with Gasteiger partial charge in [-0.2, -0.15) is 9.61 Å². The number of anilines is 1. The maximum atomic E-state index is 13.4. The van der Waals surface area contributed by atoms with Gasteiger partial charge >= 0.3 is 0 Å². The summed E-state index contributed by atoms with van der Waals surface area (Å²) in [6.45, 7) is 6.58. The Kier molecular flexibility index (Phi) is 6.84. The maximum absolute atomic E-state index is 13.4. The number of amides is 1. The Balaban J connectivity index is 1.23. The van der Waals surface area contributed by atoms with Crippen LogP contribution in [0.4, 0.5) is 10.2 Å². The smallest absolute Gasteiger partial charge is 0.223 e. The van der Waals surface area contributed by atoms with Crippen molar-refractivity contribution in [2.24, 2.45) is 5.92 Å². The number of ether oxygens (including phenoxy) is 1. The molecule has 1 N–H and O–H groups in total. The Labute approximate surface area is 209 Å². The van der Waals surface area contributed by atoms with Gasteiger partial charge in [0.25, 0.3) is 0 Å². The summed E-state index contributed by atoms with van der Waals surface area (Å²) >= 11 is 0. The largest absolute Gasteiger partial charge is 0.494 e. The van der Waals surface area contributed by atoms with E-state index in [1.807, 2.05) is 54.8 Å². The van der Waals surface area contributed by atoms with Gasteiger partial charge in [0.15, 0.2) is 5.65 Å². The van der Waals surface area contributed by atoms with E-state index in [0.717, 1.165) is 65.7 Å². The second-order valence-electron chi connectivity index (χ2n) is 9.12. The number of nitrogens with zero attached hydrogens (tertiary/aromatic N) is 4. The molecule has 186 valence electrons. The first kappa shape index (κ1) is 23.8. The Bertz CT molecular complexity index is 1340. The number of aromatic nitrogens is 3. The van der Waals surface area contributed by atoms with Gasteiger partial charge in [-0.3, -0.25) is 4.79 Å². The summed E-state index contributed by atoms with van der Waals surface area (Å²) in [5, 5.41) is 7.85. The monoisotopic (exact) mass is 487 g/mol. The van der Waals surface area contributed by atoms with E-state index < -0.39 is 0 Å². The third-order valence-corrected chi connectivity index (χ3v) is 6.57. The zero-order valence-corrected chi connectivity index (χ0v) is 20.6. The van der Waals surface area contributed by atoms with Crippen molar-refractivity contribution in [1.82, 2.24) is 19.9 Å². The molecule has 2 aromatic heterocycles. The van der Waals surface area contributed by atoms with Crippen molar-refractivity contribution in [3.8, 4) is 17.0 Å². The molecule has 0 saturated carbocycles. The molecular weight excluding hydrogens is 457 g/mol. The van der Waals surface area contributed by atoms with Gasteiger partial charge in [-0.25, -0.2) is 9.37 Å². The number of carbonyl (C=O) groups excluding carboxylic acids is 1. The highest BCUT2D eigenvalue weighted by Crippen LogP contribution is 2.27. The number of aryl methyl sites for hydroxylation is 1. The Morgan fingerprint density at radius 3 is 2.50 bits per heavy atom. The van der Waals surface area contributed by atoms with Crippen LogP contribution in [0.1, 0.15) is 31.0 Å². The van der Waals surface area contributed by atoms with E-state index in [4.69, 9.17) is 9.84 Å². The van der Waals surface area contributed by atoms with Crippen molar-refractivity contribution in [1.29, 1.82) is 0 Å². The van der Waals surface area contributed by atoms with E-state index in [9.17, 15) is 9.18 Å². The van der Waals surface area contributed by atoms with Crippen LogP contribution in [-0.4, -0.2) is 40.2 Å². The van der Waals surface area contributed by atoms with E-state index in [1.165, 1.54) is 12.1 Å². The average molecular weight is 488 g/mol. The van der Waals surface area contributed by atoms with Crippen LogP contribution >= 0.6 is 0 Å². The fourth-order valence-electron chi connectivity index (χ4n) is 4.64. The third kappa shape index (κ3) is 5.17. The van der Waals surface area contributed by atoms with E-state index in [0.29, 0.717) is 13.2 Å². The standard InChI is InChI=1S/C28H30FN5O2/c1-3-36-24-10-4-20(5-11-24)18-30-28(35)22-12-14-33(15-13-22)27-16-19(2)31-26-17-25(32-34(26)27)21-6-8-23(29)9-7-21/h4-11,16-17,22H,3,12-15,18H2,1-2H3,(H,30,35). The normalized spacial score (nSPS) is 14.2. The molecule has 0 bridgehead atoms. The van der Waals surface area contributed by atoms with Crippen molar-refractivity contribution in [2.45, 2.75) is 33.2 Å². The minimum absolute atomic E-state index is 0.0187. The molecule has 3 heterocycles. The fourth-order valence-corrected chi connectivity index (χ4v) is 4.64. The van der Waals surface area contributed by atoms with Crippen molar-refractivity contribution in [3.63, 3.8) is 0 Å². The van der Waals surface area contributed by atoms with Crippen LogP contribution in [-0.2, 0) is 11.3 Å². The Morgan fingerprint density at radius 1 is 1.08 bits per heavy atom. The molecule has 0 atom stereocenters. The molecular formula is C28H30FN5O2. The first-order valence-electron chi connectivity index (χ1n) is 12.4. The molecule has 5 rings (SSSR count). The van der Waals surface area contributed by atoms with Crippen molar-refractivity contribution in [2.75, 3.05) is 24.6 Å². The van der Waals surface area contributed by atoms with Crippen LogP contribution in [0.15, 0.2) is 60.7 Å². The fraction of sp³-hybridized carbons (Fsp3) is 0.321. The van der Waals surface area contributed by atoms with Gasteiger partial charge in [0.2, 0.25) is 5.91 Å². The van der Waals surface area contributed by atoms with E-state index >= 15 is 0 Å². The van der Waals surface area contributed by atoms with Gasteiger partial charge in [0.05, 0.1) is 12.3 Å². The van der Waals surface area contributed by atoms with Crippen LogP contribution in [0.3, 0.4) is 0 Å². The number of carbonyl (C=O) groups is 1. The molecule has 0 spiro atoms. The van der Waals surface area contributed by atoms with Gasteiger partial charge in [0, 0.05) is 48.9 Å². The Hall–Kier alpha value is -3.94. The summed E-state index contributed by atoms with van der Waals surface area (Å²) in [5.74, 6) is 1.59. The summed E-state index contributed by atoms with van der Waals surface area (Å²) in [6, 6.07) is 18.1. The lowest BCUT2D eigenvalue weighted by Gasteiger charge is -2.33. The first-order chi connectivity index (χ1) is 17.5. The second kappa shape index (κ2) is 10.4. The molecule has 7 nitrogen and oxygen atoms in total. The summed E-state index contributed by atoms with van der Waals surface area (Å²) < 4.78 is 20.7. The van der Waals surface area contributed by atoms with E-state index in [1.54, 1.807) is 12.1 Å². The Morgan fingerprint density at radius 2 is 1.81 bits per heavy atom. The molecule has 4 aromatic rings. The number of hydrogen-bond donors (Lipinski definition) is 1. The maximum Gasteiger partial charge on any atom is 0.223 e. The molecule has 1 aliphatic rings. The first-order valence-corrected chi connectivity index (χ1v) is 12.4. The second-order valence-corrected chi connectivity index (χ2v) is 9.12. The molecule has 1 amide bonds. The van der Waals surface area contributed by atoms with Crippen LogP contribution in [0, 0.1) is 18.7 Å². The van der Waals surface area contributed by atoms with Crippen LogP contribution in [0.25, 0.3) is 16.9 Å². The topological polar surface area (TPSA) is 71.8 Å². The zero-order chi connectivity index (χ0) is 25.1. The number of fused-ring (bicyclic) bond motifs is 1. The summed E-state index contributed by atoms with van der Waals surface area (Å²) in [4.78, 5) is 19.7. The summed E-state index contributed by atoms with van der Waals surface area (Å²) in [5.41, 5.74) is 4.29. The highest BCUT2D eigenvalue weighted by atomic mass is 19.1. The number of rotatable bonds is 7. The quantitative estimate of drug-likeness (QED) is 0.406. The predicted octanol–water partition coefficient (Wildman–Crippen LogP) is 4.78. The van der Waals surface area contributed by atoms with Crippen molar-refractivity contribution < 1.29 is 13.9 Å². The number of halogens is 1. The van der Waals surface area contributed by atoms with Crippen LogP contribution < -0.4 is 15.0 Å². The van der Waals surface area contributed by atoms with Crippen molar-refractivity contribution >= 4 is 17.4 Å². The van der Waals surface area contributed by atoms with Gasteiger partial charge in [0.1, 0.15) is 17.4 Å². The lowest BCUT2D eigenvalue weighted by Crippen LogP contribution is -2.41. The predicted molar refractivity (Wildman–Crippen MR) is 138 cm³/mol. The third-order valence-electron chi connectivity index (χ3n) is 6.57. The van der Waals surface area contributed by atoms with Gasteiger partial charge < -0.3 is 15.0 Å². The molecule has 0 unspecified atom stereocenters. The number of nitrogens with one attached hydrogen (secondary N) is 1. The molecule has 2 aromatic carbocycles. The molecule has 1 saturated heterocycles. The molecule has 1 aliphatic heterocycles. The molecule has 1 fully saturated rings. The van der Waals surface area contributed by atoms with Crippen LogP contribution in [0.5, 0.6) is 5.75 Å². The zero-order valence-electron chi connectivity index (χ0n) is 20.6. The van der Waals surface area contributed by atoms with E-state index in [2.05, 4.69) is 15.2 Å². The molecule has 0 aliphatic carbocycles. The molecule has 0 radical (unpaired) electrons. The highest BCUT2D eigenvalue weighted by molar-refractivity contribution is 5.79. The van der Waals surface area contributed by atoms with Gasteiger partial charge in [-0.15, -0.1) is 0 Å². The van der Waals surface area contributed by atoms with Gasteiger partial charge in [-0.05, 0) is 68.7 Å². The highest BCUT2D eigenvalue weighted by Gasteiger charge is 2.26. The SMILES string of the molecule is CCOc1ccc(CNC(=O)C2CCN(c3cc(C)nc4cc(-c5ccc(F)cc5)nn34)CC2)cc1. The number of piperidine rings is 1. The lowest BCUT2D eigenvalue weighted by atomic mass is 9.95. The van der Waals surface area contributed by atoms with Gasteiger partial charge in [-0.1, -0.05) is 12.1 Å². The summed E-state index contributed by atoms with van der Waals surface area (Å²) in [6.07, 6.45) is 1.54. The van der Waals surface area contributed by atoms with Crippen LogP contribution in [0.2, 0.25) is 0 Å². The lowest BCUT2D eigenvalue weighted by molar-refractivity contribution is -0.125. The molecule has 36 heavy (non-hydrogen) atoms.